The van der Waals surface area contributed by atoms with Gasteiger partial charge in [0.1, 0.15) is 11.5 Å². The zero-order valence-electron chi connectivity index (χ0n) is 14.2. The lowest BCUT2D eigenvalue weighted by Gasteiger charge is -2.07. The minimum Gasteiger partial charge on any atom is -0.496 e. The molecule has 0 saturated carbocycles. The Morgan fingerprint density at radius 2 is 1.96 bits per heavy atom. The number of halogens is 1. The van der Waals surface area contributed by atoms with Gasteiger partial charge in [-0.05, 0) is 49.4 Å². The lowest BCUT2D eigenvalue weighted by atomic mass is 10.2. The van der Waals surface area contributed by atoms with Gasteiger partial charge in [-0.15, -0.1) is 5.10 Å². The smallest absolute Gasteiger partial charge is 0.322 e. The lowest BCUT2D eigenvalue weighted by Crippen LogP contribution is -2.13. The van der Waals surface area contributed by atoms with Gasteiger partial charge in [0.15, 0.2) is 0 Å². The van der Waals surface area contributed by atoms with Crippen molar-refractivity contribution in [1.29, 1.82) is 0 Å². The number of aromatic nitrogens is 2. The summed E-state index contributed by atoms with van der Waals surface area (Å²) in [4.78, 5) is 12.4. The van der Waals surface area contributed by atoms with E-state index in [1.165, 1.54) is 13.2 Å². The molecule has 0 aliphatic rings. The van der Waals surface area contributed by atoms with Crippen LogP contribution in [-0.4, -0.2) is 29.8 Å². The van der Waals surface area contributed by atoms with Gasteiger partial charge in [-0.1, -0.05) is 16.7 Å². The summed E-state index contributed by atoms with van der Waals surface area (Å²) in [5.41, 5.74) is 0.975. The second-order valence-electron chi connectivity index (χ2n) is 5.17. The highest BCUT2D eigenvalue weighted by Crippen LogP contribution is 2.25. The average molecular weight is 374 g/mol. The van der Waals surface area contributed by atoms with Gasteiger partial charge in [0.25, 0.3) is 5.91 Å². The van der Waals surface area contributed by atoms with Crippen LogP contribution in [0.4, 0.5) is 6.01 Å². The van der Waals surface area contributed by atoms with E-state index in [0.717, 1.165) is 5.75 Å². The molecule has 8 heteroatoms. The van der Waals surface area contributed by atoms with Crippen LogP contribution in [0.3, 0.4) is 0 Å². The molecule has 134 valence electrons. The Morgan fingerprint density at radius 1 is 1.19 bits per heavy atom. The number of benzene rings is 2. The third-order valence-electron chi connectivity index (χ3n) is 3.46. The first-order chi connectivity index (χ1) is 12.6. The molecule has 26 heavy (non-hydrogen) atoms. The molecule has 3 rings (SSSR count). The molecule has 1 heterocycles. The van der Waals surface area contributed by atoms with Crippen molar-refractivity contribution in [2.45, 2.75) is 6.92 Å². The van der Waals surface area contributed by atoms with Crippen LogP contribution >= 0.6 is 11.6 Å². The largest absolute Gasteiger partial charge is 0.496 e. The molecule has 2 aromatic carbocycles. The summed E-state index contributed by atoms with van der Waals surface area (Å²) in [7, 11) is 1.47. The maximum absolute atomic E-state index is 12.4. The van der Waals surface area contributed by atoms with E-state index in [2.05, 4.69) is 15.5 Å². The fraction of sp³-hybridized carbons (Fsp3) is 0.167. The van der Waals surface area contributed by atoms with E-state index in [1.807, 2.05) is 6.92 Å². The summed E-state index contributed by atoms with van der Waals surface area (Å²) in [6, 6.07) is 11.9. The molecule has 0 fully saturated rings. The second kappa shape index (κ2) is 7.88. The Labute approximate surface area is 154 Å². The van der Waals surface area contributed by atoms with Gasteiger partial charge in [-0.25, -0.2) is 0 Å². The average Bonchev–Trinajstić information content (AvgIpc) is 3.11. The molecule has 0 unspecified atom stereocenters. The standard InChI is InChI=1S/C18H16ClN3O4/c1-3-25-13-7-4-11(5-8-13)17-21-22-18(26-17)20-16(23)14-10-12(19)6-9-15(14)24-2/h4-10H,3H2,1-2H3,(H,20,22,23). The zero-order chi connectivity index (χ0) is 18.5. The molecule has 0 atom stereocenters. The van der Waals surface area contributed by atoms with Gasteiger partial charge < -0.3 is 13.9 Å². The van der Waals surface area contributed by atoms with Gasteiger partial charge >= 0.3 is 6.01 Å². The van der Waals surface area contributed by atoms with Crippen LogP contribution < -0.4 is 14.8 Å². The Bertz CT molecular complexity index is 909. The van der Waals surface area contributed by atoms with Crippen LogP contribution in [0.2, 0.25) is 5.02 Å². The predicted molar refractivity (Wildman–Crippen MR) is 96.9 cm³/mol. The maximum atomic E-state index is 12.4. The van der Waals surface area contributed by atoms with E-state index in [0.29, 0.717) is 22.9 Å². The highest BCUT2D eigenvalue weighted by Gasteiger charge is 2.17. The fourth-order valence-electron chi connectivity index (χ4n) is 2.27. The van der Waals surface area contributed by atoms with Crippen molar-refractivity contribution in [2.75, 3.05) is 19.0 Å². The van der Waals surface area contributed by atoms with Crippen LogP contribution in [0, 0.1) is 0 Å². The number of ether oxygens (including phenoxy) is 2. The summed E-state index contributed by atoms with van der Waals surface area (Å²) in [5, 5.41) is 10.7. The molecule has 0 aliphatic carbocycles. The number of hydrogen-bond donors (Lipinski definition) is 1. The van der Waals surface area contributed by atoms with E-state index in [9.17, 15) is 4.79 Å². The molecule has 1 aromatic heterocycles. The molecule has 3 aromatic rings. The quantitative estimate of drug-likeness (QED) is 0.701. The molecule has 1 N–H and O–H groups in total. The van der Waals surface area contributed by atoms with Crippen molar-refractivity contribution in [3.63, 3.8) is 0 Å². The van der Waals surface area contributed by atoms with Gasteiger partial charge in [-0.2, -0.15) is 0 Å². The van der Waals surface area contributed by atoms with Crippen molar-refractivity contribution in [1.82, 2.24) is 10.2 Å². The van der Waals surface area contributed by atoms with Crippen molar-refractivity contribution < 1.29 is 18.7 Å². The summed E-state index contributed by atoms with van der Waals surface area (Å²) >= 11 is 5.94. The molecule has 0 bridgehead atoms. The lowest BCUT2D eigenvalue weighted by molar-refractivity contribution is 0.102. The number of carbonyl (C=O) groups excluding carboxylic acids is 1. The molecular formula is C18H16ClN3O4. The molecule has 7 nitrogen and oxygen atoms in total. The Hall–Kier alpha value is -3.06. The van der Waals surface area contributed by atoms with Crippen LogP contribution in [0.15, 0.2) is 46.9 Å². The van der Waals surface area contributed by atoms with E-state index < -0.39 is 5.91 Å². The first-order valence-corrected chi connectivity index (χ1v) is 8.20. The minimum absolute atomic E-state index is 0.0269. The Kier molecular flexibility index (Phi) is 5.38. The monoisotopic (exact) mass is 373 g/mol. The van der Waals surface area contributed by atoms with Gasteiger partial charge in [-0.3, -0.25) is 10.1 Å². The van der Waals surface area contributed by atoms with Crippen molar-refractivity contribution in [2.24, 2.45) is 0 Å². The van der Waals surface area contributed by atoms with E-state index in [1.54, 1.807) is 36.4 Å². The number of anilines is 1. The summed E-state index contributed by atoms with van der Waals surface area (Å²) in [5.74, 6) is 0.947. The number of nitrogens with one attached hydrogen (secondary N) is 1. The van der Waals surface area contributed by atoms with Crippen molar-refractivity contribution in [3.05, 3.63) is 53.1 Å². The summed E-state index contributed by atoms with van der Waals surface area (Å²) < 4.78 is 16.1. The van der Waals surface area contributed by atoms with Gasteiger partial charge in [0.2, 0.25) is 5.89 Å². The maximum Gasteiger partial charge on any atom is 0.322 e. The molecule has 1 amide bonds. The second-order valence-corrected chi connectivity index (χ2v) is 5.60. The number of carbonyl (C=O) groups is 1. The van der Waals surface area contributed by atoms with E-state index >= 15 is 0 Å². The van der Waals surface area contributed by atoms with Crippen LogP contribution in [0.1, 0.15) is 17.3 Å². The van der Waals surface area contributed by atoms with Crippen LogP contribution in [-0.2, 0) is 0 Å². The van der Waals surface area contributed by atoms with Crippen molar-refractivity contribution >= 4 is 23.5 Å². The van der Waals surface area contributed by atoms with Crippen molar-refractivity contribution in [3.8, 4) is 23.0 Å². The number of rotatable bonds is 6. The van der Waals surface area contributed by atoms with Gasteiger partial charge in [0.05, 0.1) is 19.3 Å². The molecule has 0 spiro atoms. The Balaban J connectivity index is 1.76. The molecule has 0 saturated heterocycles. The third-order valence-corrected chi connectivity index (χ3v) is 3.70. The molecular weight excluding hydrogens is 358 g/mol. The summed E-state index contributed by atoms with van der Waals surface area (Å²) in [6.45, 7) is 2.50. The first kappa shape index (κ1) is 17.8. The van der Waals surface area contributed by atoms with Gasteiger partial charge in [0, 0.05) is 10.6 Å². The fourth-order valence-corrected chi connectivity index (χ4v) is 2.45. The predicted octanol–water partition coefficient (Wildman–Crippen LogP) is 4.05. The SMILES string of the molecule is CCOc1ccc(-c2nnc(NC(=O)c3cc(Cl)ccc3OC)o2)cc1. The topological polar surface area (TPSA) is 86.5 Å². The molecule has 0 radical (unpaired) electrons. The minimum atomic E-state index is -0.466. The van der Waals surface area contributed by atoms with E-state index in [-0.39, 0.29) is 17.5 Å². The third kappa shape index (κ3) is 3.94. The normalized spacial score (nSPS) is 10.4. The highest BCUT2D eigenvalue weighted by molar-refractivity contribution is 6.31. The van der Waals surface area contributed by atoms with Crippen LogP contribution in [0.5, 0.6) is 11.5 Å². The Morgan fingerprint density at radius 3 is 2.65 bits per heavy atom. The molecule has 0 aliphatic heterocycles. The number of hydrogen-bond acceptors (Lipinski definition) is 6. The number of methoxy groups -OCH3 is 1. The highest BCUT2D eigenvalue weighted by atomic mass is 35.5. The first-order valence-electron chi connectivity index (χ1n) is 7.82. The van der Waals surface area contributed by atoms with Crippen LogP contribution in [0.25, 0.3) is 11.5 Å². The number of amides is 1. The summed E-state index contributed by atoms with van der Waals surface area (Å²) in [6.07, 6.45) is 0. The number of nitrogens with zero attached hydrogens (tertiary/aromatic N) is 2. The van der Waals surface area contributed by atoms with E-state index in [4.69, 9.17) is 25.5 Å². The zero-order valence-corrected chi connectivity index (χ0v) is 14.9.